The van der Waals surface area contributed by atoms with E-state index in [1.807, 2.05) is 36.4 Å². The van der Waals surface area contributed by atoms with Crippen LogP contribution in [0.1, 0.15) is 38.9 Å². The van der Waals surface area contributed by atoms with Crippen molar-refractivity contribution < 1.29 is 5.11 Å². The minimum Gasteiger partial charge on any atom is -0.376 e. The van der Waals surface area contributed by atoms with E-state index >= 15 is 0 Å². The standard InChI is InChI=1S/C35H33NO/c1-25-5-13-29(14-6-25)35(37,30-15-7-26(2)8-16-30)31-17-23-34(24-18-31)36(32-19-9-27(3)10-20-32)33-21-11-28(4)12-22-33/h5-24,37H,1-4H3. The summed E-state index contributed by atoms with van der Waals surface area (Å²) in [5.74, 6) is 0. The first kappa shape index (κ1) is 24.5. The largest absolute Gasteiger partial charge is 0.376 e. The molecule has 0 aliphatic heterocycles. The smallest absolute Gasteiger partial charge is 0.140 e. The molecule has 0 atom stereocenters. The van der Waals surface area contributed by atoms with Crippen molar-refractivity contribution in [3.63, 3.8) is 0 Å². The van der Waals surface area contributed by atoms with Gasteiger partial charge in [-0.1, -0.05) is 107 Å². The summed E-state index contributed by atoms with van der Waals surface area (Å²) in [5.41, 5.74) is 9.26. The Kier molecular flexibility index (Phi) is 6.69. The van der Waals surface area contributed by atoms with Crippen LogP contribution in [-0.2, 0) is 5.60 Å². The number of aryl methyl sites for hydroxylation is 4. The lowest BCUT2D eigenvalue weighted by molar-refractivity contribution is 0.125. The van der Waals surface area contributed by atoms with Gasteiger partial charge in [0.15, 0.2) is 0 Å². The van der Waals surface area contributed by atoms with Gasteiger partial charge in [0.25, 0.3) is 0 Å². The zero-order chi connectivity index (χ0) is 26.0. The summed E-state index contributed by atoms with van der Waals surface area (Å²) in [7, 11) is 0. The number of hydrogen-bond acceptors (Lipinski definition) is 2. The van der Waals surface area contributed by atoms with Crippen molar-refractivity contribution in [2.45, 2.75) is 33.3 Å². The molecule has 0 aliphatic rings. The average molecular weight is 484 g/mol. The van der Waals surface area contributed by atoms with Crippen LogP contribution >= 0.6 is 0 Å². The number of rotatable bonds is 6. The molecule has 0 aliphatic carbocycles. The second kappa shape index (κ2) is 10.1. The molecule has 1 N–H and O–H groups in total. The van der Waals surface area contributed by atoms with Gasteiger partial charge in [0.05, 0.1) is 0 Å². The van der Waals surface area contributed by atoms with E-state index in [4.69, 9.17) is 0 Å². The second-order valence-electron chi connectivity index (χ2n) is 10.00. The van der Waals surface area contributed by atoms with Crippen LogP contribution in [-0.4, -0.2) is 5.11 Å². The number of anilines is 3. The Hall–Kier alpha value is -4.14. The minimum atomic E-state index is -1.27. The van der Waals surface area contributed by atoms with Gasteiger partial charge in [-0.2, -0.15) is 0 Å². The van der Waals surface area contributed by atoms with Crippen molar-refractivity contribution in [1.29, 1.82) is 0 Å². The monoisotopic (exact) mass is 483 g/mol. The lowest BCUT2D eigenvalue weighted by Gasteiger charge is -2.31. The van der Waals surface area contributed by atoms with Crippen molar-refractivity contribution in [2.24, 2.45) is 0 Å². The van der Waals surface area contributed by atoms with E-state index in [-0.39, 0.29) is 0 Å². The third-order valence-electron chi connectivity index (χ3n) is 7.07. The first-order chi connectivity index (χ1) is 17.8. The van der Waals surface area contributed by atoms with E-state index in [1.54, 1.807) is 0 Å². The average Bonchev–Trinajstić information content (AvgIpc) is 2.92. The number of benzene rings is 5. The van der Waals surface area contributed by atoms with Gasteiger partial charge >= 0.3 is 0 Å². The zero-order valence-corrected chi connectivity index (χ0v) is 21.9. The summed E-state index contributed by atoms with van der Waals surface area (Å²) >= 11 is 0. The molecule has 0 fully saturated rings. The van der Waals surface area contributed by atoms with Crippen LogP contribution in [0, 0.1) is 27.7 Å². The summed E-state index contributed by atoms with van der Waals surface area (Å²) < 4.78 is 0. The Labute approximate surface area is 220 Å². The molecule has 5 aromatic carbocycles. The highest BCUT2D eigenvalue weighted by molar-refractivity contribution is 5.77. The van der Waals surface area contributed by atoms with Crippen LogP contribution in [0.25, 0.3) is 0 Å². The Morgan fingerprint density at radius 2 is 0.595 bits per heavy atom. The van der Waals surface area contributed by atoms with Crippen molar-refractivity contribution in [2.75, 3.05) is 4.90 Å². The van der Waals surface area contributed by atoms with Gasteiger partial charge in [-0.05, 0) is 80.8 Å². The minimum absolute atomic E-state index is 0.830. The van der Waals surface area contributed by atoms with Gasteiger partial charge in [-0.15, -0.1) is 0 Å². The maximum atomic E-state index is 12.3. The van der Waals surface area contributed by atoms with Crippen LogP contribution in [0.2, 0.25) is 0 Å². The predicted molar refractivity (Wildman–Crippen MR) is 155 cm³/mol. The summed E-state index contributed by atoms with van der Waals surface area (Å²) in [6.45, 7) is 8.33. The van der Waals surface area contributed by atoms with Crippen molar-refractivity contribution >= 4 is 17.1 Å². The summed E-state index contributed by atoms with van der Waals surface area (Å²) in [4.78, 5) is 2.25. The molecule has 2 nitrogen and oxygen atoms in total. The SMILES string of the molecule is Cc1ccc(N(c2ccc(C)cc2)c2ccc(C(O)(c3ccc(C)cc3)c3ccc(C)cc3)cc2)cc1. The van der Waals surface area contributed by atoms with Crippen molar-refractivity contribution in [1.82, 2.24) is 0 Å². The molecule has 0 heterocycles. The van der Waals surface area contributed by atoms with Crippen LogP contribution in [0.5, 0.6) is 0 Å². The molecule has 0 bridgehead atoms. The Morgan fingerprint density at radius 1 is 0.378 bits per heavy atom. The number of nitrogens with zero attached hydrogens (tertiary/aromatic N) is 1. The Balaban J connectivity index is 1.62. The van der Waals surface area contributed by atoms with Crippen LogP contribution in [0.4, 0.5) is 17.1 Å². The molecule has 0 amide bonds. The highest BCUT2D eigenvalue weighted by Crippen LogP contribution is 2.40. The lowest BCUT2D eigenvalue weighted by Crippen LogP contribution is -2.29. The van der Waals surface area contributed by atoms with Gasteiger partial charge in [0, 0.05) is 17.1 Å². The van der Waals surface area contributed by atoms with Crippen LogP contribution in [0.3, 0.4) is 0 Å². The van der Waals surface area contributed by atoms with E-state index in [1.165, 1.54) is 11.1 Å². The molecule has 0 spiro atoms. The van der Waals surface area contributed by atoms with Gasteiger partial charge in [-0.3, -0.25) is 0 Å². The van der Waals surface area contributed by atoms with E-state index in [0.717, 1.165) is 44.9 Å². The molecular weight excluding hydrogens is 450 g/mol. The summed E-state index contributed by atoms with van der Waals surface area (Å²) in [5, 5.41) is 12.3. The summed E-state index contributed by atoms with van der Waals surface area (Å²) in [6, 6.07) is 41.8. The third-order valence-corrected chi connectivity index (χ3v) is 7.07. The third kappa shape index (κ3) is 4.94. The fourth-order valence-electron chi connectivity index (χ4n) is 4.78. The highest BCUT2D eigenvalue weighted by atomic mass is 16.3. The normalized spacial score (nSPS) is 11.4. The number of hydrogen-bond donors (Lipinski definition) is 1. The fraction of sp³-hybridized carbons (Fsp3) is 0.143. The Morgan fingerprint density at radius 3 is 0.892 bits per heavy atom. The zero-order valence-electron chi connectivity index (χ0n) is 21.9. The van der Waals surface area contributed by atoms with E-state index in [0.29, 0.717) is 0 Å². The second-order valence-corrected chi connectivity index (χ2v) is 10.00. The topological polar surface area (TPSA) is 23.5 Å². The first-order valence-corrected chi connectivity index (χ1v) is 12.8. The summed E-state index contributed by atoms with van der Waals surface area (Å²) in [6.07, 6.45) is 0. The van der Waals surface area contributed by atoms with Gasteiger partial charge in [-0.25, -0.2) is 0 Å². The van der Waals surface area contributed by atoms with E-state index < -0.39 is 5.60 Å². The maximum Gasteiger partial charge on any atom is 0.140 e. The van der Waals surface area contributed by atoms with Gasteiger partial charge in [0.2, 0.25) is 0 Å². The molecule has 184 valence electrons. The van der Waals surface area contributed by atoms with Crippen LogP contribution < -0.4 is 4.90 Å². The van der Waals surface area contributed by atoms with Gasteiger partial charge < -0.3 is 10.0 Å². The fourth-order valence-corrected chi connectivity index (χ4v) is 4.78. The van der Waals surface area contributed by atoms with E-state index in [2.05, 4.69) is 118 Å². The molecule has 0 saturated heterocycles. The number of aliphatic hydroxyl groups is 1. The quantitative estimate of drug-likeness (QED) is 0.244. The molecular formula is C35H33NO. The molecule has 5 aromatic rings. The van der Waals surface area contributed by atoms with Crippen LogP contribution in [0.15, 0.2) is 121 Å². The van der Waals surface area contributed by atoms with Crippen molar-refractivity contribution in [3.05, 3.63) is 160 Å². The van der Waals surface area contributed by atoms with Gasteiger partial charge in [0.1, 0.15) is 5.60 Å². The maximum absolute atomic E-state index is 12.3. The van der Waals surface area contributed by atoms with Crippen molar-refractivity contribution in [3.8, 4) is 0 Å². The Bertz CT molecular complexity index is 1370. The van der Waals surface area contributed by atoms with E-state index in [9.17, 15) is 5.11 Å². The molecule has 0 aromatic heterocycles. The molecule has 0 unspecified atom stereocenters. The predicted octanol–water partition coefficient (Wildman–Crippen LogP) is 8.67. The molecule has 2 heteroatoms. The molecule has 37 heavy (non-hydrogen) atoms. The molecule has 0 saturated carbocycles. The first-order valence-electron chi connectivity index (χ1n) is 12.8. The molecule has 0 radical (unpaired) electrons. The highest BCUT2D eigenvalue weighted by Gasteiger charge is 2.34. The lowest BCUT2D eigenvalue weighted by atomic mass is 9.80. The molecule has 5 rings (SSSR count).